The van der Waals surface area contributed by atoms with Crippen LogP contribution in [0.2, 0.25) is 0 Å². The number of primary amides is 1. The van der Waals surface area contributed by atoms with Crippen molar-refractivity contribution in [3.8, 4) is 5.88 Å². The Morgan fingerprint density at radius 3 is 2.57 bits per heavy atom. The van der Waals surface area contributed by atoms with Gasteiger partial charge in [-0.25, -0.2) is 4.98 Å². The maximum absolute atomic E-state index is 14.2. The summed E-state index contributed by atoms with van der Waals surface area (Å²) in [5.74, 6) is -1.49. The van der Waals surface area contributed by atoms with Crippen molar-refractivity contribution in [2.45, 2.75) is 63.3 Å². The number of likely N-dealkylation sites (N-methyl/N-ethyl adjacent to an activating group) is 1. The minimum atomic E-state index is -4.34. The lowest BCUT2D eigenvalue weighted by Gasteiger charge is -2.45. The Labute approximate surface area is 215 Å². The zero-order valence-corrected chi connectivity index (χ0v) is 21.3. The fraction of sp³-hybridized carbons (Fsp3) is 0.640. The number of anilines is 1. The minimum absolute atomic E-state index is 0.0416. The number of aromatic nitrogens is 2. The maximum atomic E-state index is 14.2. The molecule has 0 radical (unpaired) electrons. The molecule has 12 heteroatoms. The first-order valence-electron chi connectivity index (χ1n) is 12.8. The van der Waals surface area contributed by atoms with Crippen LogP contribution in [0.5, 0.6) is 5.88 Å². The second-order valence-electron chi connectivity index (χ2n) is 10.1. The first kappa shape index (κ1) is 27.3. The molecule has 0 aromatic carbocycles. The van der Waals surface area contributed by atoms with Crippen LogP contribution in [0.3, 0.4) is 0 Å². The van der Waals surface area contributed by atoms with Gasteiger partial charge in [-0.15, -0.1) is 0 Å². The number of carbonyl (C=O) groups excluding carboxylic acids is 1. The van der Waals surface area contributed by atoms with E-state index in [1.54, 1.807) is 12.2 Å². The van der Waals surface area contributed by atoms with Gasteiger partial charge in [0.1, 0.15) is 11.5 Å². The summed E-state index contributed by atoms with van der Waals surface area (Å²) >= 11 is 0. The average Bonchev–Trinajstić information content (AvgIpc) is 2.84. The second-order valence-corrected chi connectivity index (χ2v) is 10.1. The number of nitrogens with zero attached hydrogens (tertiary/aromatic N) is 4. The molecule has 0 bridgehead atoms. The molecule has 4 unspecified atom stereocenters. The molecule has 1 aromatic heterocycles. The van der Waals surface area contributed by atoms with Crippen molar-refractivity contribution >= 4 is 11.7 Å². The van der Waals surface area contributed by atoms with E-state index >= 15 is 0 Å². The van der Waals surface area contributed by atoms with Gasteiger partial charge in [0.15, 0.2) is 11.5 Å². The molecule has 1 aromatic rings. The van der Waals surface area contributed by atoms with E-state index in [9.17, 15) is 18.0 Å². The predicted molar refractivity (Wildman–Crippen MR) is 134 cm³/mol. The van der Waals surface area contributed by atoms with Gasteiger partial charge >= 0.3 is 6.18 Å². The quantitative estimate of drug-likeness (QED) is 0.498. The molecule has 1 aliphatic heterocycles. The van der Waals surface area contributed by atoms with Crippen LogP contribution in [0.1, 0.15) is 48.8 Å². The highest BCUT2D eigenvalue weighted by Gasteiger charge is 2.50. The number of aryl methyl sites for hydroxylation is 1. The number of carbonyl (C=O) groups is 1. The summed E-state index contributed by atoms with van der Waals surface area (Å²) in [7, 11) is 1.98. The molecular weight excluding hydrogens is 487 g/mol. The van der Waals surface area contributed by atoms with Gasteiger partial charge in [-0.05, 0) is 38.8 Å². The topological polar surface area (TPSA) is 123 Å². The van der Waals surface area contributed by atoms with E-state index in [2.05, 4.69) is 20.2 Å². The van der Waals surface area contributed by atoms with Gasteiger partial charge in [0.2, 0.25) is 5.88 Å². The van der Waals surface area contributed by atoms with E-state index in [1.165, 1.54) is 0 Å². The van der Waals surface area contributed by atoms with E-state index in [4.69, 9.17) is 16.2 Å². The highest BCUT2D eigenvalue weighted by molar-refractivity contribution is 5.95. The van der Waals surface area contributed by atoms with Gasteiger partial charge in [-0.1, -0.05) is 19.1 Å². The number of piperazine rings is 1. The van der Waals surface area contributed by atoms with Gasteiger partial charge in [0.05, 0.1) is 5.92 Å². The molecule has 3 aliphatic rings. The third-order valence-corrected chi connectivity index (χ3v) is 7.39. The first-order chi connectivity index (χ1) is 17.5. The average molecular weight is 524 g/mol. The van der Waals surface area contributed by atoms with Crippen molar-refractivity contribution in [1.82, 2.24) is 19.8 Å². The molecule has 1 saturated heterocycles. The van der Waals surface area contributed by atoms with E-state index in [0.29, 0.717) is 50.2 Å². The van der Waals surface area contributed by atoms with Gasteiger partial charge in [0, 0.05) is 50.7 Å². The molecule has 4 atom stereocenters. The lowest BCUT2D eigenvalue weighted by Crippen LogP contribution is -2.56. The minimum Gasteiger partial charge on any atom is -0.442 e. The molecular formula is C25H36F3N7O2. The Balaban J connectivity index is 1.56. The number of hydrogen-bond donors (Lipinski definition) is 3. The smallest absolute Gasteiger partial charge is 0.393 e. The molecule has 2 fully saturated rings. The summed E-state index contributed by atoms with van der Waals surface area (Å²) in [5.41, 5.74) is 11.9. The number of alkyl halides is 3. The van der Waals surface area contributed by atoms with E-state index in [1.807, 2.05) is 24.9 Å². The molecule has 1 amide bonds. The van der Waals surface area contributed by atoms with Crippen LogP contribution >= 0.6 is 0 Å². The third-order valence-electron chi connectivity index (χ3n) is 7.39. The number of halogens is 3. The normalized spacial score (nSPS) is 27.6. The van der Waals surface area contributed by atoms with Crippen LogP contribution in [-0.2, 0) is 6.42 Å². The molecule has 5 N–H and O–H groups in total. The summed E-state index contributed by atoms with van der Waals surface area (Å²) in [4.78, 5) is 25.1. The van der Waals surface area contributed by atoms with Crippen molar-refractivity contribution in [3.05, 3.63) is 35.4 Å². The van der Waals surface area contributed by atoms with Crippen molar-refractivity contribution < 1.29 is 22.7 Å². The van der Waals surface area contributed by atoms with E-state index < -0.39 is 30.1 Å². The van der Waals surface area contributed by atoms with Gasteiger partial charge in [-0.2, -0.15) is 18.2 Å². The Hall–Kier alpha value is -2.70. The summed E-state index contributed by atoms with van der Waals surface area (Å²) < 4.78 is 48.5. The van der Waals surface area contributed by atoms with Crippen molar-refractivity contribution in [2.75, 3.05) is 38.5 Å². The number of allylic oxidation sites excluding steroid dienone is 2. The summed E-state index contributed by atoms with van der Waals surface area (Å²) in [6.07, 6.45) is 2.71. The van der Waals surface area contributed by atoms with Crippen molar-refractivity contribution in [3.63, 3.8) is 0 Å². The molecule has 1 saturated carbocycles. The van der Waals surface area contributed by atoms with Crippen LogP contribution in [0.15, 0.2) is 24.0 Å². The van der Waals surface area contributed by atoms with Crippen LogP contribution in [-0.4, -0.2) is 83.2 Å². The van der Waals surface area contributed by atoms with Gasteiger partial charge in [-0.3, -0.25) is 9.69 Å². The molecule has 0 spiro atoms. The van der Waals surface area contributed by atoms with Gasteiger partial charge < -0.3 is 26.4 Å². The third kappa shape index (κ3) is 6.60. The zero-order chi connectivity index (χ0) is 26.7. The monoisotopic (exact) mass is 523 g/mol. The lowest BCUT2D eigenvalue weighted by atomic mass is 9.80. The number of nitrogens with two attached hydrogens (primary N) is 2. The number of ether oxygens (including phenoxy) is 1. The number of hydrogen-bond acceptors (Lipinski definition) is 8. The Kier molecular flexibility index (Phi) is 8.39. The second kappa shape index (κ2) is 11.4. The largest absolute Gasteiger partial charge is 0.442 e. The molecule has 9 nitrogen and oxygen atoms in total. The summed E-state index contributed by atoms with van der Waals surface area (Å²) in [6, 6.07) is -1.31. The van der Waals surface area contributed by atoms with E-state index in [0.717, 1.165) is 13.1 Å². The van der Waals surface area contributed by atoms with E-state index in [-0.39, 0.29) is 29.9 Å². The van der Waals surface area contributed by atoms with Crippen LogP contribution < -0.4 is 21.5 Å². The van der Waals surface area contributed by atoms with Crippen LogP contribution in [0.25, 0.3) is 0 Å². The summed E-state index contributed by atoms with van der Waals surface area (Å²) in [6.45, 7) is 4.59. The Bertz CT molecular complexity index is 1040. The van der Waals surface area contributed by atoms with Crippen LogP contribution in [0, 0.1) is 5.92 Å². The SMILES string of the molecule is CCc1nc(C(N)=O)c(NC2CCC(N3CCN(C)CC3)C(C(F)(F)F)C2)nc1OC1=CC=CC(N)C1. The Morgan fingerprint density at radius 1 is 1.22 bits per heavy atom. The highest BCUT2D eigenvalue weighted by Crippen LogP contribution is 2.41. The number of rotatable bonds is 7. The van der Waals surface area contributed by atoms with Crippen molar-refractivity contribution in [2.24, 2.45) is 17.4 Å². The Morgan fingerprint density at radius 2 is 1.95 bits per heavy atom. The maximum Gasteiger partial charge on any atom is 0.393 e. The highest BCUT2D eigenvalue weighted by atomic mass is 19.4. The standard InChI is InChI=1S/C25H36F3N7O2/c1-3-19-24(37-17-6-4-5-15(29)13-17)33-23(21(32-19)22(30)36)31-16-7-8-20(18(14-16)25(26,27)28)35-11-9-34(2)10-12-35/h4-6,15-16,18,20H,3,7-14,29H2,1-2H3,(H2,30,36)(H,31,33). The zero-order valence-electron chi connectivity index (χ0n) is 21.3. The fourth-order valence-electron chi connectivity index (χ4n) is 5.33. The number of nitrogens with one attached hydrogen (secondary N) is 1. The summed E-state index contributed by atoms with van der Waals surface area (Å²) in [5, 5.41) is 3.06. The molecule has 4 rings (SSSR count). The first-order valence-corrected chi connectivity index (χ1v) is 12.8. The van der Waals surface area contributed by atoms with Crippen molar-refractivity contribution in [1.29, 1.82) is 0 Å². The molecule has 2 heterocycles. The number of amides is 1. The lowest BCUT2D eigenvalue weighted by molar-refractivity contribution is -0.201. The fourth-order valence-corrected chi connectivity index (χ4v) is 5.33. The predicted octanol–water partition coefficient (Wildman–Crippen LogP) is 2.45. The van der Waals surface area contributed by atoms with Gasteiger partial charge in [0.25, 0.3) is 5.91 Å². The van der Waals surface area contributed by atoms with Crippen LogP contribution in [0.4, 0.5) is 19.0 Å². The molecule has 204 valence electrons. The molecule has 2 aliphatic carbocycles. The molecule has 37 heavy (non-hydrogen) atoms.